The van der Waals surface area contributed by atoms with Crippen molar-refractivity contribution in [1.29, 1.82) is 0 Å². The van der Waals surface area contributed by atoms with Crippen LogP contribution in [-0.4, -0.2) is 27.6 Å². The van der Waals surface area contributed by atoms with Crippen molar-refractivity contribution in [3.05, 3.63) is 82.7 Å². The van der Waals surface area contributed by atoms with Crippen molar-refractivity contribution in [3.8, 4) is 5.75 Å². The number of amides is 1. The molecule has 2 aromatic carbocycles. The molecule has 5 heteroatoms. The van der Waals surface area contributed by atoms with Crippen LogP contribution in [0, 0.1) is 13.8 Å². The van der Waals surface area contributed by atoms with E-state index in [-0.39, 0.29) is 5.91 Å². The van der Waals surface area contributed by atoms with Crippen LogP contribution in [0.2, 0.25) is 0 Å². The molecule has 0 bridgehead atoms. The maximum Gasteiger partial charge on any atom is 0.253 e. The van der Waals surface area contributed by atoms with Gasteiger partial charge in [0.05, 0.1) is 12.2 Å². The molecule has 0 spiro atoms. The predicted molar refractivity (Wildman–Crippen MR) is 110 cm³/mol. The molecule has 0 unspecified atom stereocenters. The number of ether oxygens (including phenoxy) is 1. The number of hydrogen-bond acceptors (Lipinski definition) is 3. The summed E-state index contributed by atoms with van der Waals surface area (Å²) in [6, 6.07) is 15.7. The Morgan fingerprint density at radius 3 is 2.68 bits per heavy atom. The van der Waals surface area contributed by atoms with Crippen LogP contribution in [0.1, 0.15) is 39.7 Å². The molecule has 0 saturated heterocycles. The number of aromatic nitrogens is 2. The third-order valence-electron chi connectivity index (χ3n) is 4.66. The van der Waals surface area contributed by atoms with Crippen LogP contribution in [0.3, 0.4) is 0 Å². The van der Waals surface area contributed by atoms with Crippen LogP contribution in [0.25, 0.3) is 0 Å². The molecular formula is C23H27N3O2. The van der Waals surface area contributed by atoms with E-state index in [2.05, 4.69) is 18.1 Å². The molecule has 0 atom stereocenters. The fourth-order valence-corrected chi connectivity index (χ4v) is 3.12. The van der Waals surface area contributed by atoms with Crippen molar-refractivity contribution < 1.29 is 9.53 Å². The Kier molecular flexibility index (Phi) is 6.14. The van der Waals surface area contributed by atoms with Gasteiger partial charge in [-0.1, -0.05) is 29.8 Å². The Hall–Kier alpha value is -3.08. The zero-order chi connectivity index (χ0) is 20.1. The van der Waals surface area contributed by atoms with Gasteiger partial charge in [-0.3, -0.25) is 9.48 Å². The molecule has 0 saturated carbocycles. The average molecular weight is 377 g/mol. The molecule has 3 rings (SSSR count). The first kappa shape index (κ1) is 19.7. The Balaban J connectivity index is 1.65. The quantitative estimate of drug-likeness (QED) is 0.614. The SMILES string of the molecule is CCn1ccc(CN(C)C(=O)c2cccc(COc3ccc(C)cc3C)c2)n1. The number of rotatable bonds is 7. The molecule has 28 heavy (non-hydrogen) atoms. The lowest BCUT2D eigenvalue weighted by Crippen LogP contribution is -2.26. The summed E-state index contributed by atoms with van der Waals surface area (Å²) in [6.45, 7) is 7.87. The summed E-state index contributed by atoms with van der Waals surface area (Å²) in [5, 5.41) is 4.44. The molecule has 3 aromatic rings. The van der Waals surface area contributed by atoms with Crippen LogP contribution < -0.4 is 4.74 Å². The Bertz CT molecular complexity index is 962. The largest absolute Gasteiger partial charge is 0.489 e. The number of aryl methyl sites for hydroxylation is 3. The van der Waals surface area contributed by atoms with Gasteiger partial charge in [-0.05, 0) is 56.2 Å². The van der Waals surface area contributed by atoms with E-state index in [0.717, 1.165) is 29.1 Å². The fraction of sp³-hybridized carbons (Fsp3) is 0.304. The highest BCUT2D eigenvalue weighted by Gasteiger charge is 2.14. The summed E-state index contributed by atoms with van der Waals surface area (Å²) in [5.41, 5.74) is 4.82. The van der Waals surface area contributed by atoms with Gasteiger partial charge in [0.2, 0.25) is 0 Å². The van der Waals surface area contributed by atoms with Crippen molar-refractivity contribution in [1.82, 2.24) is 14.7 Å². The maximum atomic E-state index is 12.8. The van der Waals surface area contributed by atoms with Gasteiger partial charge < -0.3 is 9.64 Å². The summed E-state index contributed by atoms with van der Waals surface area (Å²) < 4.78 is 7.81. The van der Waals surface area contributed by atoms with Crippen molar-refractivity contribution in [2.24, 2.45) is 0 Å². The minimum Gasteiger partial charge on any atom is -0.489 e. The van der Waals surface area contributed by atoms with Crippen molar-refractivity contribution >= 4 is 5.91 Å². The van der Waals surface area contributed by atoms with Gasteiger partial charge in [0.25, 0.3) is 5.91 Å². The molecule has 1 heterocycles. The van der Waals surface area contributed by atoms with Crippen LogP contribution >= 0.6 is 0 Å². The van der Waals surface area contributed by atoms with E-state index in [4.69, 9.17) is 4.74 Å². The van der Waals surface area contributed by atoms with E-state index in [1.165, 1.54) is 5.56 Å². The van der Waals surface area contributed by atoms with E-state index in [0.29, 0.717) is 18.7 Å². The Morgan fingerprint density at radius 1 is 1.14 bits per heavy atom. The predicted octanol–water partition coefficient (Wildman–Crippen LogP) is 4.37. The lowest BCUT2D eigenvalue weighted by molar-refractivity contribution is 0.0783. The first-order chi connectivity index (χ1) is 13.5. The molecule has 1 amide bonds. The minimum atomic E-state index is -0.0283. The van der Waals surface area contributed by atoms with Gasteiger partial charge in [0.15, 0.2) is 0 Å². The van der Waals surface area contributed by atoms with Crippen molar-refractivity contribution in [3.63, 3.8) is 0 Å². The number of benzene rings is 2. The molecule has 5 nitrogen and oxygen atoms in total. The lowest BCUT2D eigenvalue weighted by atomic mass is 10.1. The number of carbonyl (C=O) groups excluding carboxylic acids is 1. The first-order valence-electron chi connectivity index (χ1n) is 9.53. The third-order valence-corrected chi connectivity index (χ3v) is 4.66. The highest BCUT2D eigenvalue weighted by Crippen LogP contribution is 2.20. The Morgan fingerprint density at radius 2 is 1.96 bits per heavy atom. The molecule has 0 N–H and O–H groups in total. The summed E-state index contributed by atoms with van der Waals surface area (Å²) in [6.07, 6.45) is 1.93. The number of nitrogens with zero attached hydrogens (tertiary/aromatic N) is 3. The van der Waals surface area contributed by atoms with Crippen LogP contribution in [0.4, 0.5) is 0 Å². The summed E-state index contributed by atoms with van der Waals surface area (Å²) in [4.78, 5) is 14.5. The standard InChI is InChI=1S/C23H27N3O2/c1-5-26-12-11-21(24-26)15-25(4)23(27)20-8-6-7-19(14-20)16-28-22-10-9-17(2)13-18(22)3/h6-14H,5,15-16H2,1-4H3. The zero-order valence-corrected chi connectivity index (χ0v) is 17.0. The van der Waals surface area contributed by atoms with E-state index in [1.54, 1.807) is 11.9 Å². The Labute approximate surface area is 166 Å². The minimum absolute atomic E-state index is 0.0283. The van der Waals surface area contributed by atoms with Gasteiger partial charge in [-0.25, -0.2) is 0 Å². The van der Waals surface area contributed by atoms with Gasteiger partial charge in [-0.15, -0.1) is 0 Å². The van der Waals surface area contributed by atoms with Gasteiger partial charge in [-0.2, -0.15) is 5.10 Å². The molecule has 0 aliphatic heterocycles. The van der Waals surface area contributed by atoms with Gasteiger partial charge >= 0.3 is 0 Å². The molecule has 0 radical (unpaired) electrons. The van der Waals surface area contributed by atoms with E-state index in [1.807, 2.05) is 67.2 Å². The summed E-state index contributed by atoms with van der Waals surface area (Å²) >= 11 is 0. The average Bonchev–Trinajstić information content (AvgIpc) is 3.14. The highest BCUT2D eigenvalue weighted by molar-refractivity contribution is 5.94. The second-order valence-corrected chi connectivity index (χ2v) is 7.08. The molecule has 146 valence electrons. The molecule has 0 aliphatic carbocycles. The highest BCUT2D eigenvalue weighted by atomic mass is 16.5. The summed E-state index contributed by atoms with van der Waals surface area (Å²) in [7, 11) is 1.80. The number of hydrogen-bond donors (Lipinski definition) is 0. The number of carbonyl (C=O) groups is 1. The van der Waals surface area contributed by atoms with Gasteiger partial charge in [0, 0.05) is 25.4 Å². The summed E-state index contributed by atoms with van der Waals surface area (Å²) in [5.74, 6) is 0.838. The van der Waals surface area contributed by atoms with Gasteiger partial charge in [0.1, 0.15) is 12.4 Å². The smallest absolute Gasteiger partial charge is 0.253 e. The van der Waals surface area contributed by atoms with E-state index in [9.17, 15) is 4.79 Å². The first-order valence-corrected chi connectivity index (χ1v) is 9.53. The fourth-order valence-electron chi connectivity index (χ4n) is 3.12. The van der Waals surface area contributed by atoms with E-state index < -0.39 is 0 Å². The molecule has 0 fully saturated rings. The lowest BCUT2D eigenvalue weighted by Gasteiger charge is -2.16. The second-order valence-electron chi connectivity index (χ2n) is 7.08. The molecule has 0 aliphatic rings. The van der Waals surface area contributed by atoms with Crippen molar-refractivity contribution in [2.75, 3.05) is 7.05 Å². The third kappa shape index (κ3) is 4.80. The van der Waals surface area contributed by atoms with Crippen molar-refractivity contribution in [2.45, 2.75) is 40.5 Å². The zero-order valence-electron chi connectivity index (χ0n) is 17.0. The van der Waals surface area contributed by atoms with E-state index >= 15 is 0 Å². The monoisotopic (exact) mass is 377 g/mol. The molecular weight excluding hydrogens is 350 g/mol. The topological polar surface area (TPSA) is 47.4 Å². The maximum absolute atomic E-state index is 12.8. The van der Waals surface area contributed by atoms with Crippen LogP contribution in [-0.2, 0) is 19.7 Å². The second kappa shape index (κ2) is 8.74. The van der Waals surface area contributed by atoms with Crippen LogP contribution in [0.15, 0.2) is 54.7 Å². The molecule has 1 aromatic heterocycles. The normalized spacial score (nSPS) is 10.7. The van der Waals surface area contributed by atoms with Crippen LogP contribution in [0.5, 0.6) is 5.75 Å².